The number of nitrogens with one attached hydrogen (secondary N) is 1. The molecule has 0 amide bonds. The van der Waals surface area contributed by atoms with Crippen molar-refractivity contribution in [2.75, 3.05) is 7.05 Å². The molecule has 0 radical (unpaired) electrons. The predicted molar refractivity (Wildman–Crippen MR) is 68.0 cm³/mol. The fourth-order valence-electron chi connectivity index (χ4n) is 1.81. The van der Waals surface area contributed by atoms with Crippen LogP contribution in [0.4, 0.5) is 0 Å². The van der Waals surface area contributed by atoms with Gasteiger partial charge in [-0.05, 0) is 18.7 Å². The molecule has 17 heavy (non-hydrogen) atoms. The van der Waals surface area contributed by atoms with Crippen LogP contribution >= 0.6 is 11.6 Å². The first-order valence-corrected chi connectivity index (χ1v) is 5.84. The van der Waals surface area contributed by atoms with Crippen LogP contribution in [-0.4, -0.2) is 21.8 Å². The number of hydrogen-bond acceptors (Lipinski definition) is 3. The van der Waals surface area contributed by atoms with Crippen molar-refractivity contribution in [2.24, 2.45) is 7.05 Å². The molecule has 0 saturated carbocycles. The summed E-state index contributed by atoms with van der Waals surface area (Å²) in [6, 6.07) is 7.99. The van der Waals surface area contributed by atoms with E-state index < -0.39 is 0 Å². The number of halogens is 1. The van der Waals surface area contributed by atoms with Gasteiger partial charge in [0.05, 0.1) is 0 Å². The first-order chi connectivity index (χ1) is 8.22. The molecular weight excluding hydrogens is 236 g/mol. The summed E-state index contributed by atoms with van der Waals surface area (Å²) in [7, 11) is 3.81. The number of likely N-dealkylation sites (N-methyl/N-ethyl adjacent to an activating group) is 1. The molecule has 1 aromatic carbocycles. The molecule has 1 N–H and O–H groups in total. The number of hydrogen-bond donors (Lipinski definition) is 1. The van der Waals surface area contributed by atoms with Gasteiger partial charge < -0.3 is 5.32 Å². The van der Waals surface area contributed by atoms with Crippen LogP contribution in [0.1, 0.15) is 17.4 Å². The molecule has 0 fully saturated rings. The summed E-state index contributed by atoms with van der Waals surface area (Å²) in [4.78, 5) is 4.23. The molecule has 1 unspecified atom stereocenters. The van der Waals surface area contributed by atoms with Crippen molar-refractivity contribution >= 4 is 11.6 Å². The van der Waals surface area contributed by atoms with Gasteiger partial charge in [-0.1, -0.05) is 29.8 Å². The number of benzene rings is 1. The summed E-state index contributed by atoms with van der Waals surface area (Å²) in [5, 5.41) is 8.10. The van der Waals surface area contributed by atoms with E-state index in [4.69, 9.17) is 11.6 Å². The van der Waals surface area contributed by atoms with Crippen molar-refractivity contribution in [1.29, 1.82) is 0 Å². The third-order valence-corrected chi connectivity index (χ3v) is 3.17. The largest absolute Gasteiger partial charge is 0.313 e. The molecule has 0 saturated heterocycles. The zero-order valence-electron chi connectivity index (χ0n) is 9.89. The van der Waals surface area contributed by atoms with Crippen LogP contribution in [0.25, 0.3) is 0 Å². The number of rotatable bonds is 4. The maximum Gasteiger partial charge on any atom is 0.138 e. The number of aromatic nitrogens is 3. The number of aryl methyl sites for hydroxylation is 1. The molecular formula is C12H15ClN4. The van der Waals surface area contributed by atoms with Crippen LogP contribution in [0.5, 0.6) is 0 Å². The maximum absolute atomic E-state index is 6.19. The van der Waals surface area contributed by atoms with Gasteiger partial charge in [-0.15, -0.1) is 0 Å². The number of nitrogens with zero attached hydrogens (tertiary/aromatic N) is 3. The van der Waals surface area contributed by atoms with Gasteiger partial charge in [0.15, 0.2) is 0 Å². The maximum atomic E-state index is 6.19. The second-order valence-electron chi connectivity index (χ2n) is 3.87. The Balaban J connectivity index is 2.23. The normalized spacial score (nSPS) is 12.6. The summed E-state index contributed by atoms with van der Waals surface area (Å²) in [5.74, 6) is 0.935. The molecule has 0 bridgehead atoms. The average molecular weight is 251 g/mol. The van der Waals surface area contributed by atoms with Gasteiger partial charge in [-0.25, -0.2) is 4.98 Å². The molecule has 0 aliphatic carbocycles. The van der Waals surface area contributed by atoms with Crippen molar-refractivity contribution in [2.45, 2.75) is 12.5 Å². The van der Waals surface area contributed by atoms with Crippen molar-refractivity contribution in [1.82, 2.24) is 20.1 Å². The second kappa shape index (κ2) is 5.29. The summed E-state index contributed by atoms with van der Waals surface area (Å²) in [5.41, 5.74) is 1.08. The van der Waals surface area contributed by atoms with E-state index in [1.165, 1.54) is 0 Å². The quantitative estimate of drug-likeness (QED) is 0.902. The van der Waals surface area contributed by atoms with Crippen molar-refractivity contribution in [3.63, 3.8) is 0 Å². The van der Waals surface area contributed by atoms with E-state index in [1.807, 2.05) is 38.4 Å². The lowest BCUT2D eigenvalue weighted by atomic mass is 10.0. The van der Waals surface area contributed by atoms with Crippen LogP contribution in [0, 0.1) is 0 Å². The van der Waals surface area contributed by atoms with Gasteiger partial charge in [0.25, 0.3) is 0 Å². The molecule has 4 nitrogen and oxygen atoms in total. The van der Waals surface area contributed by atoms with Crippen molar-refractivity contribution in [3.8, 4) is 0 Å². The summed E-state index contributed by atoms with van der Waals surface area (Å²) >= 11 is 6.19. The Labute approximate surface area is 106 Å². The van der Waals surface area contributed by atoms with Gasteiger partial charge in [0.2, 0.25) is 0 Å². The highest BCUT2D eigenvalue weighted by Gasteiger charge is 2.15. The molecule has 1 aromatic heterocycles. The van der Waals surface area contributed by atoms with E-state index in [9.17, 15) is 0 Å². The molecule has 0 spiro atoms. The van der Waals surface area contributed by atoms with E-state index in [-0.39, 0.29) is 6.04 Å². The van der Waals surface area contributed by atoms with E-state index in [0.717, 1.165) is 22.8 Å². The lowest BCUT2D eigenvalue weighted by Gasteiger charge is -2.17. The highest BCUT2D eigenvalue weighted by molar-refractivity contribution is 6.31. The standard InChI is InChI=1S/C12H15ClN4/c1-14-11(7-12-15-8-16-17(12)2)9-5-3-4-6-10(9)13/h3-6,8,11,14H,7H2,1-2H3. The highest BCUT2D eigenvalue weighted by Crippen LogP contribution is 2.24. The van der Waals surface area contributed by atoms with E-state index >= 15 is 0 Å². The lowest BCUT2D eigenvalue weighted by molar-refractivity contribution is 0.553. The predicted octanol–water partition coefficient (Wildman–Crippen LogP) is 1.97. The molecule has 2 rings (SSSR count). The Hall–Kier alpha value is -1.39. The highest BCUT2D eigenvalue weighted by atomic mass is 35.5. The fraction of sp³-hybridized carbons (Fsp3) is 0.333. The van der Waals surface area contributed by atoms with Crippen molar-refractivity contribution in [3.05, 3.63) is 47.0 Å². The fourth-order valence-corrected chi connectivity index (χ4v) is 2.08. The summed E-state index contributed by atoms with van der Waals surface area (Å²) < 4.78 is 1.78. The smallest absolute Gasteiger partial charge is 0.138 e. The summed E-state index contributed by atoms with van der Waals surface area (Å²) in [6.07, 6.45) is 2.32. The van der Waals surface area contributed by atoms with Crippen LogP contribution in [0.3, 0.4) is 0 Å². The average Bonchev–Trinajstić information content (AvgIpc) is 2.73. The first kappa shape index (κ1) is 12.1. The zero-order chi connectivity index (χ0) is 12.3. The summed E-state index contributed by atoms with van der Waals surface area (Å²) in [6.45, 7) is 0. The van der Waals surface area contributed by atoms with Crippen LogP contribution < -0.4 is 5.32 Å². The van der Waals surface area contributed by atoms with Gasteiger partial charge in [-0.2, -0.15) is 5.10 Å². The van der Waals surface area contributed by atoms with Gasteiger partial charge >= 0.3 is 0 Å². The van der Waals surface area contributed by atoms with Crippen LogP contribution in [0.15, 0.2) is 30.6 Å². The Morgan fingerprint density at radius 3 is 2.76 bits per heavy atom. The second-order valence-corrected chi connectivity index (χ2v) is 4.27. The van der Waals surface area contributed by atoms with E-state index in [0.29, 0.717) is 0 Å². The Kier molecular flexibility index (Phi) is 3.76. The lowest BCUT2D eigenvalue weighted by Crippen LogP contribution is -2.21. The topological polar surface area (TPSA) is 42.7 Å². The third kappa shape index (κ3) is 2.65. The molecule has 1 atom stereocenters. The van der Waals surface area contributed by atoms with Gasteiger partial charge in [0.1, 0.15) is 12.2 Å². The molecule has 90 valence electrons. The first-order valence-electron chi connectivity index (χ1n) is 5.47. The monoisotopic (exact) mass is 250 g/mol. The van der Waals surface area contributed by atoms with Crippen LogP contribution in [0.2, 0.25) is 5.02 Å². The SMILES string of the molecule is CNC(Cc1ncnn1C)c1ccccc1Cl. The molecule has 2 aromatic rings. The van der Waals surface area contributed by atoms with Crippen LogP contribution in [-0.2, 0) is 13.5 Å². The third-order valence-electron chi connectivity index (χ3n) is 2.82. The Morgan fingerprint density at radius 2 is 2.18 bits per heavy atom. The molecule has 0 aliphatic heterocycles. The Morgan fingerprint density at radius 1 is 1.41 bits per heavy atom. The van der Waals surface area contributed by atoms with Gasteiger partial charge in [0, 0.05) is 24.5 Å². The minimum atomic E-state index is 0.145. The van der Waals surface area contributed by atoms with Gasteiger partial charge in [-0.3, -0.25) is 4.68 Å². The van der Waals surface area contributed by atoms with E-state index in [1.54, 1.807) is 11.0 Å². The van der Waals surface area contributed by atoms with Crippen molar-refractivity contribution < 1.29 is 0 Å². The minimum Gasteiger partial charge on any atom is -0.313 e. The molecule has 0 aliphatic rings. The zero-order valence-corrected chi connectivity index (χ0v) is 10.6. The minimum absolute atomic E-state index is 0.145. The molecule has 1 heterocycles. The Bertz CT molecular complexity index is 495. The van der Waals surface area contributed by atoms with E-state index in [2.05, 4.69) is 15.4 Å². The molecule has 5 heteroatoms.